The first-order chi connectivity index (χ1) is 16.6. The fraction of sp³-hybridized carbons (Fsp3) is 0.500. The standard InChI is InChI=1S/C24H31N7O3/c1-34-20-9-5-8-19(14-20)28-10-12-29(13-11-28)21-15-22-27-31(24(33)30(22)17-25-21)16-23(32)26-18-6-3-2-4-7-18/h5,8-9,14-15,17-18H,2-4,6-7,10-13,16H2,1H3,(H,26,32). The van der Waals surface area contributed by atoms with Crippen LogP contribution in [0.5, 0.6) is 5.75 Å². The fourth-order valence-electron chi connectivity index (χ4n) is 4.85. The summed E-state index contributed by atoms with van der Waals surface area (Å²) >= 11 is 0. The van der Waals surface area contributed by atoms with Crippen LogP contribution in [0.1, 0.15) is 32.1 Å². The van der Waals surface area contributed by atoms with Crippen LogP contribution in [0.2, 0.25) is 0 Å². The van der Waals surface area contributed by atoms with E-state index < -0.39 is 0 Å². The van der Waals surface area contributed by atoms with Crippen molar-refractivity contribution in [1.82, 2.24) is 24.5 Å². The third-order valence-corrected chi connectivity index (χ3v) is 6.75. The van der Waals surface area contributed by atoms with Crippen molar-refractivity contribution in [1.29, 1.82) is 0 Å². The molecule has 1 aromatic carbocycles. The number of hydrogen-bond acceptors (Lipinski definition) is 7. The largest absolute Gasteiger partial charge is 0.497 e. The van der Waals surface area contributed by atoms with E-state index in [1.807, 2.05) is 24.3 Å². The van der Waals surface area contributed by atoms with Crippen molar-refractivity contribution in [2.75, 3.05) is 43.1 Å². The van der Waals surface area contributed by atoms with Gasteiger partial charge in [-0.2, -0.15) is 0 Å². The van der Waals surface area contributed by atoms with Gasteiger partial charge in [-0.3, -0.25) is 4.79 Å². The topological polar surface area (TPSA) is 97.0 Å². The summed E-state index contributed by atoms with van der Waals surface area (Å²) in [6.07, 6.45) is 7.02. The average Bonchev–Trinajstić information content (AvgIpc) is 3.18. The van der Waals surface area contributed by atoms with Crippen LogP contribution in [0.25, 0.3) is 5.65 Å². The fourth-order valence-corrected chi connectivity index (χ4v) is 4.85. The van der Waals surface area contributed by atoms with Gasteiger partial charge in [0.05, 0.1) is 7.11 Å². The molecule has 2 aliphatic rings. The minimum atomic E-state index is -0.351. The third kappa shape index (κ3) is 4.71. The lowest BCUT2D eigenvalue weighted by atomic mass is 9.95. The Kier molecular flexibility index (Phi) is 6.37. The summed E-state index contributed by atoms with van der Waals surface area (Å²) in [5, 5.41) is 7.44. The van der Waals surface area contributed by atoms with E-state index in [9.17, 15) is 9.59 Å². The Morgan fingerprint density at radius 3 is 2.62 bits per heavy atom. The highest BCUT2D eigenvalue weighted by Gasteiger charge is 2.21. The van der Waals surface area contributed by atoms with Crippen LogP contribution in [0.4, 0.5) is 11.5 Å². The van der Waals surface area contributed by atoms with E-state index in [4.69, 9.17) is 4.74 Å². The molecule has 1 aliphatic carbocycles. The van der Waals surface area contributed by atoms with Gasteiger partial charge < -0.3 is 19.9 Å². The molecular weight excluding hydrogens is 434 g/mol. The van der Waals surface area contributed by atoms with Crippen LogP contribution in [-0.2, 0) is 11.3 Å². The van der Waals surface area contributed by atoms with Crippen molar-refractivity contribution in [2.45, 2.75) is 44.7 Å². The summed E-state index contributed by atoms with van der Waals surface area (Å²) in [7, 11) is 1.68. The lowest BCUT2D eigenvalue weighted by Crippen LogP contribution is -2.46. The highest BCUT2D eigenvalue weighted by Crippen LogP contribution is 2.23. The Morgan fingerprint density at radius 1 is 1.09 bits per heavy atom. The van der Waals surface area contributed by atoms with E-state index in [1.165, 1.54) is 21.8 Å². The summed E-state index contributed by atoms with van der Waals surface area (Å²) in [5.41, 5.74) is 1.28. The zero-order chi connectivity index (χ0) is 23.5. The van der Waals surface area contributed by atoms with Gasteiger partial charge in [0.1, 0.15) is 24.4 Å². The van der Waals surface area contributed by atoms with Gasteiger partial charge in [-0.05, 0) is 25.0 Å². The second-order valence-electron chi connectivity index (χ2n) is 8.99. The number of anilines is 2. The first kappa shape index (κ1) is 22.2. The van der Waals surface area contributed by atoms with Crippen LogP contribution < -0.4 is 25.5 Å². The molecule has 1 saturated heterocycles. The van der Waals surface area contributed by atoms with Crippen LogP contribution in [0.15, 0.2) is 41.5 Å². The number of nitrogens with one attached hydrogen (secondary N) is 1. The predicted octanol–water partition coefficient (Wildman–Crippen LogP) is 1.68. The van der Waals surface area contributed by atoms with Gasteiger partial charge in [-0.25, -0.2) is 18.9 Å². The molecule has 2 aromatic heterocycles. The molecule has 0 radical (unpaired) electrons. The molecule has 3 heterocycles. The van der Waals surface area contributed by atoms with E-state index in [2.05, 4.69) is 31.3 Å². The van der Waals surface area contributed by atoms with Gasteiger partial charge in [0.25, 0.3) is 0 Å². The SMILES string of the molecule is COc1cccc(N2CCN(c3cc4nn(CC(=O)NC5CCCCC5)c(=O)n4cn3)CC2)c1. The monoisotopic (exact) mass is 465 g/mol. The zero-order valence-corrected chi connectivity index (χ0v) is 19.5. The predicted molar refractivity (Wildman–Crippen MR) is 130 cm³/mol. The minimum absolute atomic E-state index is 0.0778. The number of ether oxygens (including phenoxy) is 1. The van der Waals surface area contributed by atoms with Gasteiger partial charge >= 0.3 is 5.69 Å². The van der Waals surface area contributed by atoms with E-state index in [0.29, 0.717) is 5.65 Å². The summed E-state index contributed by atoms with van der Waals surface area (Å²) in [4.78, 5) is 34.2. The Hall–Kier alpha value is -3.56. The Balaban J connectivity index is 1.24. The van der Waals surface area contributed by atoms with Gasteiger partial charge in [0.15, 0.2) is 5.65 Å². The number of hydrogen-bond donors (Lipinski definition) is 1. The lowest BCUT2D eigenvalue weighted by Gasteiger charge is -2.36. The van der Waals surface area contributed by atoms with E-state index in [1.54, 1.807) is 7.11 Å². The molecule has 3 aromatic rings. The number of piperazine rings is 1. The quantitative estimate of drug-likeness (QED) is 0.592. The molecule has 5 rings (SSSR count). The molecule has 1 amide bonds. The number of rotatable bonds is 6. The molecule has 1 saturated carbocycles. The molecule has 0 atom stereocenters. The number of nitrogens with zero attached hydrogens (tertiary/aromatic N) is 6. The second-order valence-corrected chi connectivity index (χ2v) is 8.99. The van der Waals surface area contributed by atoms with Gasteiger partial charge in [-0.15, -0.1) is 5.10 Å². The minimum Gasteiger partial charge on any atom is -0.497 e. The maximum absolute atomic E-state index is 12.7. The molecule has 2 fully saturated rings. The third-order valence-electron chi connectivity index (χ3n) is 6.75. The van der Waals surface area contributed by atoms with E-state index >= 15 is 0 Å². The Bertz CT molecular complexity index is 1210. The smallest absolute Gasteiger partial charge is 0.352 e. The number of aromatic nitrogens is 4. The van der Waals surface area contributed by atoms with Crippen LogP contribution in [0.3, 0.4) is 0 Å². The molecular formula is C24H31N7O3. The summed E-state index contributed by atoms with van der Waals surface area (Å²) in [6, 6.07) is 10.1. The first-order valence-corrected chi connectivity index (χ1v) is 12.0. The number of methoxy groups -OCH3 is 1. The van der Waals surface area contributed by atoms with Crippen molar-refractivity contribution in [3.63, 3.8) is 0 Å². The molecule has 180 valence electrons. The highest BCUT2D eigenvalue weighted by atomic mass is 16.5. The Morgan fingerprint density at radius 2 is 1.85 bits per heavy atom. The maximum atomic E-state index is 12.7. The number of carbonyl (C=O) groups excluding carboxylic acids is 1. The number of fused-ring (bicyclic) bond motifs is 1. The van der Waals surface area contributed by atoms with Crippen LogP contribution in [0, 0.1) is 0 Å². The van der Waals surface area contributed by atoms with E-state index in [-0.39, 0.29) is 24.2 Å². The highest BCUT2D eigenvalue weighted by molar-refractivity contribution is 5.76. The summed E-state index contributed by atoms with van der Waals surface area (Å²) in [5.74, 6) is 1.46. The molecule has 1 aliphatic heterocycles. The summed E-state index contributed by atoms with van der Waals surface area (Å²) < 4.78 is 7.96. The van der Waals surface area contributed by atoms with E-state index in [0.717, 1.165) is 69.1 Å². The number of carbonyl (C=O) groups is 1. The van der Waals surface area contributed by atoms with Crippen molar-refractivity contribution < 1.29 is 9.53 Å². The normalized spacial score (nSPS) is 17.2. The number of amides is 1. The summed E-state index contributed by atoms with van der Waals surface area (Å²) in [6.45, 7) is 3.22. The zero-order valence-electron chi connectivity index (χ0n) is 19.5. The van der Waals surface area contributed by atoms with Gasteiger partial charge in [0, 0.05) is 50.0 Å². The van der Waals surface area contributed by atoms with Crippen molar-refractivity contribution >= 4 is 23.1 Å². The molecule has 0 bridgehead atoms. The molecule has 10 heteroatoms. The molecule has 34 heavy (non-hydrogen) atoms. The van der Waals surface area contributed by atoms with Crippen LogP contribution >= 0.6 is 0 Å². The molecule has 0 unspecified atom stereocenters. The van der Waals surface area contributed by atoms with Gasteiger partial charge in [0.2, 0.25) is 5.91 Å². The first-order valence-electron chi connectivity index (χ1n) is 12.0. The average molecular weight is 466 g/mol. The van der Waals surface area contributed by atoms with Crippen molar-refractivity contribution in [3.8, 4) is 5.75 Å². The molecule has 1 N–H and O–H groups in total. The number of benzene rings is 1. The maximum Gasteiger partial charge on any atom is 0.352 e. The molecule has 10 nitrogen and oxygen atoms in total. The van der Waals surface area contributed by atoms with Crippen molar-refractivity contribution in [3.05, 3.63) is 47.1 Å². The second kappa shape index (κ2) is 9.74. The van der Waals surface area contributed by atoms with Crippen LogP contribution in [-0.4, -0.2) is 64.4 Å². The molecule has 0 spiro atoms. The lowest BCUT2D eigenvalue weighted by molar-refractivity contribution is -0.122. The Labute approximate surface area is 198 Å². The van der Waals surface area contributed by atoms with Gasteiger partial charge in [-0.1, -0.05) is 25.3 Å². The van der Waals surface area contributed by atoms with Crippen molar-refractivity contribution in [2.24, 2.45) is 0 Å².